The van der Waals surface area contributed by atoms with Gasteiger partial charge in [-0.05, 0) is 47.4 Å². The van der Waals surface area contributed by atoms with Crippen LogP contribution in [0.5, 0.6) is 0 Å². The molecule has 5 rings (SSSR count). The lowest BCUT2D eigenvalue weighted by Crippen LogP contribution is -2.31. The molecule has 0 radical (unpaired) electrons. The molecule has 0 fully saturated rings. The number of carbonyl (C=O) groups is 1. The summed E-state index contributed by atoms with van der Waals surface area (Å²) in [5.74, 6) is 0.615. The highest BCUT2D eigenvalue weighted by molar-refractivity contribution is 5.92. The Kier molecular flexibility index (Phi) is 5.73. The number of rotatable bonds is 6. The van der Waals surface area contributed by atoms with Crippen molar-refractivity contribution in [2.75, 3.05) is 11.4 Å². The van der Waals surface area contributed by atoms with Crippen LogP contribution in [-0.2, 0) is 19.5 Å². The van der Waals surface area contributed by atoms with Crippen molar-refractivity contribution >= 4 is 17.4 Å². The SMILES string of the molecule is O=C(NCc1ccc(N2CCc3ccccc3C2)nc1)c1ccn(-c2ccc([N+](=O)[O-])cc2)n1. The highest BCUT2D eigenvalue weighted by atomic mass is 16.6. The fourth-order valence-corrected chi connectivity index (χ4v) is 3.99. The number of hydrogen-bond donors (Lipinski definition) is 1. The summed E-state index contributed by atoms with van der Waals surface area (Å²) >= 11 is 0. The smallest absolute Gasteiger partial charge is 0.272 e. The number of nitro benzene ring substituents is 1. The van der Waals surface area contributed by atoms with Crippen LogP contribution in [0.15, 0.2) is 79.1 Å². The van der Waals surface area contributed by atoms with Gasteiger partial charge in [-0.2, -0.15) is 5.10 Å². The molecule has 0 saturated carbocycles. The maximum atomic E-state index is 12.5. The molecule has 2 aromatic heterocycles. The third-order valence-corrected chi connectivity index (χ3v) is 5.86. The molecule has 34 heavy (non-hydrogen) atoms. The van der Waals surface area contributed by atoms with Gasteiger partial charge in [-0.1, -0.05) is 30.3 Å². The lowest BCUT2D eigenvalue weighted by atomic mass is 10.00. The molecule has 0 atom stereocenters. The van der Waals surface area contributed by atoms with E-state index in [0.29, 0.717) is 12.2 Å². The molecule has 170 valence electrons. The van der Waals surface area contributed by atoms with Crippen molar-refractivity contribution in [2.45, 2.75) is 19.5 Å². The van der Waals surface area contributed by atoms with E-state index in [9.17, 15) is 14.9 Å². The Morgan fingerprint density at radius 1 is 1.03 bits per heavy atom. The van der Waals surface area contributed by atoms with E-state index in [1.165, 1.54) is 27.9 Å². The van der Waals surface area contributed by atoms with Crippen molar-refractivity contribution in [2.24, 2.45) is 0 Å². The van der Waals surface area contributed by atoms with E-state index in [1.807, 2.05) is 12.1 Å². The van der Waals surface area contributed by atoms with Gasteiger partial charge >= 0.3 is 0 Å². The van der Waals surface area contributed by atoms with Gasteiger partial charge in [-0.25, -0.2) is 9.67 Å². The highest BCUT2D eigenvalue weighted by Crippen LogP contribution is 2.23. The molecule has 0 spiro atoms. The molecule has 1 aliphatic heterocycles. The molecule has 2 aromatic carbocycles. The number of pyridine rings is 1. The monoisotopic (exact) mass is 454 g/mol. The minimum absolute atomic E-state index is 0.00129. The molecule has 9 nitrogen and oxygen atoms in total. The van der Waals surface area contributed by atoms with E-state index in [1.54, 1.807) is 30.6 Å². The first-order valence-corrected chi connectivity index (χ1v) is 10.9. The second-order valence-corrected chi connectivity index (χ2v) is 8.07. The van der Waals surface area contributed by atoms with Gasteiger partial charge in [0.2, 0.25) is 0 Å². The van der Waals surface area contributed by atoms with Gasteiger partial charge < -0.3 is 10.2 Å². The molecule has 1 N–H and O–H groups in total. The van der Waals surface area contributed by atoms with Crippen molar-refractivity contribution in [1.82, 2.24) is 20.1 Å². The molecule has 0 aliphatic carbocycles. The lowest BCUT2D eigenvalue weighted by Gasteiger charge is -2.29. The maximum Gasteiger partial charge on any atom is 0.272 e. The highest BCUT2D eigenvalue weighted by Gasteiger charge is 2.17. The number of benzene rings is 2. The summed E-state index contributed by atoms with van der Waals surface area (Å²) in [6.07, 6.45) is 4.43. The van der Waals surface area contributed by atoms with Crippen LogP contribution in [0.2, 0.25) is 0 Å². The van der Waals surface area contributed by atoms with Crippen molar-refractivity contribution < 1.29 is 9.72 Å². The minimum Gasteiger partial charge on any atom is -0.352 e. The van der Waals surface area contributed by atoms with E-state index in [4.69, 9.17) is 0 Å². The number of amides is 1. The third-order valence-electron chi connectivity index (χ3n) is 5.86. The summed E-state index contributed by atoms with van der Waals surface area (Å²) in [5, 5.41) is 17.9. The van der Waals surface area contributed by atoms with Gasteiger partial charge in [-0.3, -0.25) is 14.9 Å². The first-order valence-electron chi connectivity index (χ1n) is 10.9. The van der Waals surface area contributed by atoms with E-state index in [0.717, 1.165) is 30.9 Å². The summed E-state index contributed by atoms with van der Waals surface area (Å²) in [5.41, 5.74) is 4.51. The first kappa shape index (κ1) is 21.3. The molecule has 3 heterocycles. The van der Waals surface area contributed by atoms with Crippen LogP contribution in [0.25, 0.3) is 5.69 Å². The number of nitrogens with one attached hydrogen (secondary N) is 1. The number of aromatic nitrogens is 3. The Bertz CT molecular complexity index is 1330. The molecule has 0 unspecified atom stereocenters. The van der Waals surface area contributed by atoms with Crippen molar-refractivity contribution in [1.29, 1.82) is 0 Å². The average molecular weight is 454 g/mol. The quantitative estimate of drug-likeness (QED) is 0.352. The maximum absolute atomic E-state index is 12.5. The van der Waals surface area contributed by atoms with E-state index >= 15 is 0 Å². The Morgan fingerprint density at radius 2 is 1.82 bits per heavy atom. The summed E-state index contributed by atoms with van der Waals surface area (Å²) < 4.78 is 1.51. The second-order valence-electron chi connectivity index (χ2n) is 8.07. The zero-order valence-corrected chi connectivity index (χ0v) is 18.3. The van der Waals surface area contributed by atoms with Crippen molar-refractivity contribution in [3.8, 4) is 5.69 Å². The zero-order chi connectivity index (χ0) is 23.5. The van der Waals surface area contributed by atoms with E-state index < -0.39 is 4.92 Å². The predicted octanol–water partition coefficient (Wildman–Crippen LogP) is 3.67. The Labute approximate surface area is 195 Å². The number of hydrogen-bond acceptors (Lipinski definition) is 6. The topological polar surface area (TPSA) is 106 Å². The minimum atomic E-state index is -0.460. The van der Waals surface area contributed by atoms with Gasteiger partial charge in [0, 0.05) is 44.2 Å². The number of non-ortho nitro benzene ring substituents is 1. The standard InChI is InChI=1S/C25H22N6O3/c32-25(23-12-14-30(28-23)21-6-8-22(9-7-21)31(33)34)27-16-18-5-10-24(26-15-18)29-13-11-19-3-1-2-4-20(19)17-29/h1-10,12,14-15H,11,13,16-17H2,(H,27,32). The van der Waals surface area contributed by atoms with Crippen LogP contribution in [0.3, 0.4) is 0 Å². The van der Waals surface area contributed by atoms with Gasteiger partial charge in [-0.15, -0.1) is 0 Å². The second kappa shape index (κ2) is 9.14. The van der Waals surface area contributed by atoms with Crippen LogP contribution < -0.4 is 10.2 Å². The molecular formula is C25H22N6O3. The molecule has 4 aromatic rings. The largest absolute Gasteiger partial charge is 0.352 e. The van der Waals surface area contributed by atoms with Gasteiger partial charge in [0.25, 0.3) is 11.6 Å². The summed E-state index contributed by atoms with van der Waals surface area (Å²) in [6, 6.07) is 20.0. The van der Waals surface area contributed by atoms with Crippen LogP contribution in [0.1, 0.15) is 27.2 Å². The third kappa shape index (κ3) is 4.49. The molecule has 0 bridgehead atoms. The summed E-state index contributed by atoms with van der Waals surface area (Å²) in [6.45, 7) is 2.10. The Hall–Kier alpha value is -4.53. The zero-order valence-electron chi connectivity index (χ0n) is 18.3. The molecule has 1 amide bonds. The fourth-order valence-electron chi connectivity index (χ4n) is 3.99. The van der Waals surface area contributed by atoms with Crippen LogP contribution in [-0.4, -0.2) is 32.1 Å². The van der Waals surface area contributed by atoms with Crippen molar-refractivity contribution in [3.63, 3.8) is 0 Å². The molecule has 0 saturated heterocycles. The molecular weight excluding hydrogens is 432 g/mol. The number of carbonyl (C=O) groups excluding carboxylic acids is 1. The number of fused-ring (bicyclic) bond motifs is 1. The number of nitro groups is 1. The van der Waals surface area contributed by atoms with E-state index in [2.05, 4.69) is 44.6 Å². The van der Waals surface area contributed by atoms with Crippen molar-refractivity contribution in [3.05, 3.63) is 112 Å². The van der Waals surface area contributed by atoms with Crippen LogP contribution in [0, 0.1) is 10.1 Å². The average Bonchev–Trinajstić information content (AvgIpc) is 3.38. The molecule has 9 heteroatoms. The Morgan fingerprint density at radius 3 is 2.56 bits per heavy atom. The van der Waals surface area contributed by atoms with Gasteiger partial charge in [0.05, 0.1) is 10.6 Å². The van der Waals surface area contributed by atoms with Gasteiger partial charge in [0.1, 0.15) is 5.82 Å². The lowest BCUT2D eigenvalue weighted by molar-refractivity contribution is -0.384. The summed E-state index contributed by atoms with van der Waals surface area (Å²) in [4.78, 5) is 29.7. The number of nitrogens with zero attached hydrogens (tertiary/aromatic N) is 5. The van der Waals surface area contributed by atoms with Crippen LogP contribution in [0.4, 0.5) is 11.5 Å². The van der Waals surface area contributed by atoms with Gasteiger partial charge in [0.15, 0.2) is 5.69 Å². The fraction of sp³-hybridized carbons (Fsp3) is 0.160. The Balaban J connectivity index is 1.18. The predicted molar refractivity (Wildman–Crippen MR) is 127 cm³/mol. The first-order chi connectivity index (χ1) is 16.6. The molecule has 1 aliphatic rings. The number of anilines is 1. The summed E-state index contributed by atoms with van der Waals surface area (Å²) in [7, 11) is 0. The normalized spacial score (nSPS) is 12.8. The van der Waals surface area contributed by atoms with E-state index in [-0.39, 0.29) is 17.3 Å². The van der Waals surface area contributed by atoms with Crippen LogP contribution >= 0.6 is 0 Å².